The van der Waals surface area contributed by atoms with Gasteiger partial charge in [0.1, 0.15) is 6.04 Å². The summed E-state index contributed by atoms with van der Waals surface area (Å²) in [6.45, 7) is 0.783. The summed E-state index contributed by atoms with van der Waals surface area (Å²) in [5.74, 6) is 0. The molecular formula is C10H11F6N3. The summed E-state index contributed by atoms with van der Waals surface area (Å²) in [6.07, 6.45) is -8.26. The minimum atomic E-state index is -4.48. The van der Waals surface area contributed by atoms with Crippen molar-refractivity contribution >= 4 is 0 Å². The van der Waals surface area contributed by atoms with Crippen molar-refractivity contribution in [1.82, 2.24) is 15.8 Å². The van der Waals surface area contributed by atoms with E-state index in [2.05, 4.69) is 10.4 Å². The van der Waals surface area contributed by atoms with E-state index in [4.69, 9.17) is 0 Å². The van der Waals surface area contributed by atoms with Gasteiger partial charge >= 0.3 is 12.4 Å². The van der Waals surface area contributed by atoms with Crippen LogP contribution in [0.15, 0.2) is 18.3 Å². The summed E-state index contributed by atoms with van der Waals surface area (Å²) in [5.41, 5.74) is 3.51. The topological polar surface area (TPSA) is 37.0 Å². The molecule has 0 radical (unpaired) electrons. The first-order valence-corrected chi connectivity index (χ1v) is 5.18. The summed E-state index contributed by atoms with van der Waals surface area (Å²) in [6, 6.07) is 0.134. The van der Waals surface area contributed by atoms with Gasteiger partial charge in [0, 0.05) is 6.20 Å². The number of hydrogen-bond donors (Lipinski definition) is 2. The van der Waals surface area contributed by atoms with Crippen LogP contribution in [-0.4, -0.2) is 17.2 Å². The van der Waals surface area contributed by atoms with Crippen LogP contribution in [0.25, 0.3) is 0 Å². The first kappa shape index (κ1) is 15.7. The summed E-state index contributed by atoms with van der Waals surface area (Å²) in [4.78, 5) is 3.50. The van der Waals surface area contributed by atoms with Crippen molar-refractivity contribution in [2.45, 2.75) is 31.9 Å². The molecule has 0 aliphatic heterocycles. The number of hydrogen-bond acceptors (Lipinski definition) is 3. The molecule has 3 nitrogen and oxygen atoms in total. The Balaban J connectivity index is 2.47. The molecule has 1 unspecified atom stereocenters. The minimum Gasteiger partial charge on any atom is -0.259 e. The largest absolute Gasteiger partial charge is 0.417 e. The number of nitrogens with one attached hydrogen (secondary N) is 2. The highest BCUT2D eigenvalue weighted by molar-refractivity contribution is 5.16. The zero-order chi connectivity index (χ0) is 14.7. The molecule has 108 valence electrons. The van der Waals surface area contributed by atoms with Crippen molar-refractivity contribution in [2.24, 2.45) is 0 Å². The first-order valence-electron chi connectivity index (χ1n) is 5.18. The molecule has 0 aliphatic carbocycles. The molecule has 1 aromatic heterocycles. The molecule has 2 N–H and O–H groups in total. The zero-order valence-corrected chi connectivity index (χ0v) is 9.73. The fraction of sp³-hybridized carbons (Fsp3) is 0.500. The lowest BCUT2D eigenvalue weighted by molar-refractivity contribution is -0.154. The van der Waals surface area contributed by atoms with Crippen molar-refractivity contribution < 1.29 is 26.3 Å². The number of rotatable bonds is 4. The lowest BCUT2D eigenvalue weighted by atomic mass is 10.2. The van der Waals surface area contributed by atoms with Crippen LogP contribution >= 0.6 is 0 Å². The lowest BCUT2D eigenvalue weighted by Crippen LogP contribution is -2.47. The van der Waals surface area contributed by atoms with E-state index in [1.807, 2.05) is 5.43 Å². The Morgan fingerprint density at radius 2 is 1.79 bits per heavy atom. The van der Waals surface area contributed by atoms with Crippen LogP contribution in [0.2, 0.25) is 0 Å². The highest BCUT2D eigenvalue weighted by atomic mass is 19.4. The van der Waals surface area contributed by atoms with Crippen molar-refractivity contribution in [3.05, 3.63) is 29.6 Å². The van der Waals surface area contributed by atoms with E-state index in [0.29, 0.717) is 6.20 Å². The fourth-order valence-corrected chi connectivity index (χ4v) is 1.07. The average molecular weight is 287 g/mol. The summed E-state index contributed by atoms with van der Waals surface area (Å²) in [7, 11) is 0. The molecule has 0 saturated heterocycles. The number of pyridine rings is 1. The lowest BCUT2D eigenvalue weighted by Gasteiger charge is -2.17. The van der Waals surface area contributed by atoms with Crippen LogP contribution in [0.4, 0.5) is 26.3 Å². The number of aromatic nitrogens is 1. The minimum absolute atomic E-state index is 0.126. The van der Waals surface area contributed by atoms with Crippen molar-refractivity contribution in [2.75, 3.05) is 0 Å². The Bertz CT molecular complexity index is 397. The van der Waals surface area contributed by atoms with Crippen molar-refractivity contribution in [3.8, 4) is 0 Å². The van der Waals surface area contributed by atoms with Gasteiger partial charge in [-0.3, -0.25) is 10.4 Å². The molecule has 1 rings (SSSR count). The second kappa shape index (κ2) is 5.74. The van der Waals surface area contributed by atoms with Gasteiger partial charge in [0.2, 0.25) is 0 Å². The molecule has 0 aromatic carbocycles. The van der Waals surface area contributed by atoms with Gasteiger partial charge in [-0.2, -0.15) is 26.3 Å². The van der Waals surface area contributed by atoms with Gasteiger partial charge in [-0.1, -0.05) is 0 Å². The molecule has 0 spiro atoms. The highest BCUT2D eigenvalue weighted by Crippen LogP contribution is 2.28. The van der Waals surface area contributed by atoms with Crippen molar-refractivity contribution in [3.63, 3.8) is 0 Å². The molecule has 0 aliphatic rings. The van der Waals surface area contributed by atoms with Crippen LogP contribution in [-0.2, 0) is 12.7 Å². The average Bonchev–Trinajstić information content (AvgIpc) is 2.27. The van der Waals surface area contributed by atoms with Crippen LogP contribution in [0.3, 0.4) is 0 Å². The Morgan fingerprint density at radius 1 is 1.16 bits per heavy atom. The van der Waals surface area contributed by atoms with E-state index in [0.717, 1.165) is 19.1 Å². The number of nitrogens with zero attached hydrogens (tertiary/aromatic N) is 1. The van der Waals surface area contributed by atoms with Crippen LogP contribution in [0.5, 0.6) is 0 Å². The second-order valence-corrected chi connectivity index (χ2v) is 3.80. The van der Waals surface area contributed by atoms with Crippen LogP contribution in [0.1, 0.15) is 18.2 Å². The highest BCUT2D eigenvalue weighted by Gasteiger charge is 2.35. The van der Waals surface area contributed by atoms with E-state index in [-0.39, 0.29) is 12.2 Å². The van der Waals surface area contributed by atoms with Gasteiger partial charge in [-0.15, -0.1) is 0 Å². The third kappa shape index (κ3) is 5.03. The maximum Gasteiger partial charge on any atom is 0.417 e. The monoisotopic (exact) mass is 287 g/mol. The quantitative estimate of drug-likeness (QED) is 0.660. The molecule has 9 heteroatoms. The zero-order valence-electron chi connectivity index (χ0n) is 9.73. The standard InChI is InChI=1S/C10H11F6N3/c1-6(9(11,12)13)19-18-5-8-3-2-7(4-17-8)10(14,15)16/h2-4,6,18-19H,5H2,1H3. The van der Waals surface area contributed by atoms with Gasteiger partial charge in [0.25, 0.3) is 0 Å². The smallest absolute Gasteiger partial charge is 0.259 e. The predicted octanol–water partition coefficient (Wildman–Crippen LogP) is 2.65. The normalized spacial score (nSPS) is 14.5. The third-order valence-corrected chi connectivity index (χ3v) is 2.23. The Labute approximate surface area is 105 Å². The molecule has 0 bridgehead atoms. The van der Waals surface area contributed by atoms with Gasteiger partial charge in [-0.05, 0) is 19.1 Å². The summed E-state index contributed by atoms with van der Waals surface area (Å²) >= 11 is 0. The summed E-state index contributed by atoms with van der Waals surface area (Å²) < 4.78 is 73.0. The Kier molecular flexibility index (Phi) is 4.75. The Morgan fingerprint density at radius 3 is 2.21 bits per heavy atom. The van der Waals surface area contributed by atoms with Gasteiger partial charge in [0.15, 0.2) is 0 Å². The molecule has 0 amide bonds. The van der Waals surface area contributed by atoms with E-state index < -0.39 is 24.0 Å². The summed E-state index contributed by atoms with van der Waals surface area (Å²) in [5, 5.41) is 0. The number of alkyl halides is 6. The SMILES string of the molecule is CC(NNCc1ccc(C(F)(F)F)cn1)C(F)(F)F. The van der Waals surface area contributed by atoms with Crippen molar-refractivity contribution in [1.29, 1.82) is 0 Å². The maximum absolute atomic E-state index is 12.2. The van der Waals surface area contributed by atoms with E-state index in [1.165, 1.54) is 0 Å². The van der Waals surface area contributed by atoms with Gasteiger partial charge < -0.3 is 0 Å². The Hall–Kier alpha value is -1.35. The predicted molar refractivity (Wildman–Crippen MR) is 54.7 cm³/mol. The second-order valence-electron chi connectivity index (χ2n) is 3.80. The van der Waals surface area contributed by atoms with Gasteiger partial charge in [0.05, 0.1) is 17.8 Å². The fourth-order valence-electron chi connectivity index (χ4n) is 1.07. The molecule has 1 aromatic rings. The maximum atomic E-state index is 12.2. The third-order valence-electron chi connectivity index (χ3n) is 2.23. The van der Waals surface area contributed by atoms with E-state index in [1.54, 1.807) is 0 Å². The number of hydrazine groups is 1. The first-order chi connectivity index (χ1) is 8.60. The molecule has 1 atom stereocenters. The molecular weight excluding hydrogens is 276 g/mol. The van der Waals surface area contributed by atoms with Crippen LogP contribution in [0, 0.1) is 0 Å². The van der Waals surface area contributed by atoms with Gasteiger partial charge in [-0.25, -0.2) is 5.43 Å². The van der Waals surface area contributed by atoms with E-state index >= 15 is 0 Å². The van der Waals surface area contributed by atoms with Crippen LogP contribution < -0.4 is 10.9 Å². The number of halogens is 6. The molecule has 19 heavy (non-hydrogen) atoms. The molecule has 1 heterocycles. The molecule has 0 saturated carbocycles. The van der Waals surface area contributed by atoms with E-state index in [9.17, 15) is 26.3 Å². The molecule has 0 fully saturated rings.